The van der Waals surface area contributed by atoms with Gasteiger partial charge in [-0.1, -0.05) is 66.7 Å². The number of hydrogen-bond acceptors (Lipinski definition) is 1. The van der Waals surface area contributed by atoms with Crippen LogP contribution in [0.15, 0.2) is 66.7 Å². The number of carbonyl (C=O) groups excluding carboxylic acids is 1. The summed E-state index contributed by atoms with van der Waals surface area (Å²) in [7, 11) is 1.93. The first-order valence-corrected chi connectivity index (χ1v) is 9.03. The molecule has 0 aromatic heterocycles. The molecule has 2 nitrogen and oxygen atoms in total. The van der Waals surface area contributed by atoms with Crippen molar-refractivity contribution in [1.82, 2.24) is 4.90 Å². The van der Waals surface area contributed by atoms with Gasteiger partial charge in [-0.15, -0.1) is 0 Å². The topological polar surface area (TPSA) is 20.3 Å². The van der Waals surface area contributed by atoms with Crippen molar-refractivity contribution in [3.05, 3.63) is 83.4 Å². The lowest BCUT2D eigenvalue weighted by Crippen LogP contribution is -2.33. The third-order valence-corrected chi connectivity index (χ3v) is 5.33. The Morgan fingerprint density at radius 2 is 1.76 bits per heavy atom. The first-order chi connectivity index (χ1) is 12.2. The van der Waals surface area contributed by atoms with Crippen molar-refractivity contribution in [2.45, 2.75) is 31.7 Å². The van der Waals surface area contributed by atoms with Gasteiger partial charge in [0.15, 0.2) is 0 Å². The Kier molecular flexibility index (Phi) is 4.27. The molecular formula is C23H23NO. The zero-order valence-electron chi connectivity index (χ0n) is 14.6. The fourth-order valence-electron chi connectivity index (χ4n) is 4.04. The Labute approximate surface area is 149 Å². The smallest absolute Gasteiger partial charge is 0.230 e. The third-order valence-electron chi connectivity index (χ3n) is 5.33. The van der Waals surface area contributed by atoms with Crippen molar-refractivity contribution < 1.29 is 4.79 Å². The lowest BCUT2D eigenvalue weighted by molar-refractivity contribution is -0.132. The second kappa shape index (κ2) is 6.72. The molecule has 1 amide bonds. The van der Waals surface area contributed by atoms with Gasteiger partial charge in [-0.25, -0.2) is 0 Å². The number of carbonyl (C=O) groups is 1. The van der Waals surface area contributed by atoms with Gasteiger partial charge in [0, 0.05) is 13.6 Å². The highest BCUT2D eigenvalue weighted by atomic mass is 16.2. The third kappa shape index (κ3) is 3.05. The van der Waals surface area contributed by atoms with Crippen LogP contribution in [0, 0.1) is 0 Å². The number of fused-ring (bicyclic) bond motifs is 2. The number of amides is 1. The molecule has 0 heterocycles. The van der Waals surface area contributed by atoms with Crippen LogP contribution in [-0.2, 0) is 17.8 Å². The number of likely N-dealkylation sites (N-methyl/N-ethyl adjacent to an activating group) is 1. The van der Waals surface area contributed by atoms with E-state index < -0.39 is 0 Å². The predicted molar refractivity (Wildman–Crippen MR) is 103 cm³/mol. The standard InChI is InChI=1S/C23H23NO/c1-24(16-19-12-6-10-17-8-2-4-13-20(17)19)23(25)22-15-7-11-18-9-3-5-14-21(18)22/h2-6,8-10,12-14,22H,7,11,15-16H2,1H3/t22-/m0/s1. The summed E-state index contributed by atoms with van der Waals surface area (Å²) in [5.41, 5.74) is 3.77. The second-order valence-electron chi connectivity index (χ2n) is 6.98. The summed E-state index contributed by atoms with van der Waals surface area (Å²) in [4.78, 5) is 15.0. The molecule has 0 saturated heterocycles. The Bertz CT molecular complexity index is 909. The van der Waals surface area contributed by atoms with Crippen LogP contribution in [-0.4, -0.2) is 17.9 Å². The largest absolute Gasteiger partial charge is 0.341 e. The van der Waals surface area contributed by atoms with E-state index in [9.17, 15) is 4.79 Å². The molecule has 0 spiro atoms. The molecule has 0 aliphatic heterocycles. The first-order valence-electron chi connectivity index (χ1n) is 9.03. The van der Waals surface area contributed by atoms with Gasteiger partial charge in [-0.05, 0) is 46.7 Å². The highest BCUT2D eigenvalue weighted by Gasteiger charge is 2.28. The van der Waals surface area contributed by atoms with Crippen molar-refractivity contribution >= 4 is 16.7 Å². The molecule has 0 fully saturated rings. The Morgan fingerprint density at radius 1 is 1.00 bits per heavy atom. The number of benzene rings is 3. The number of rotatable bonds is 3. The van der Waals surface area contributed by atoms with Gasteiger partial charge in [0.1, 0.15) is 0 Å². The molecule has 2 heteroatoms. The summed E-state index contributed by atoms with van der Waals surface area (Å²) in [5, 5.41) is 2.46. The SMILES string of the molecule is CN(Cc1cccc2ccccc12)C(=O)[C@H]1CCCc2ccccc21. The monoisotopic (exact) mass is 329 g/mol. The Hall–Kier alpha value is -2.61. The summed E-state index contributed by atoms with van der Waals surface area (Å²) in [5.74, 6) is 0.241. The van der Waals surface area contributed by atoms with Crippen LogP contribution in [0.1, 0.15) is 35.4 Å². The van der Waals surface area contributed by atoms with E-state index >= 15 is 0 Å². The first kappa shape index (κ1) is 15.9. The van der Waals surface area contributed by atoms with Crippen molar-refractivity contribution in [1.29, 1.82) is 0 Å². The molecule has 0 unspecified atom stereocenters. The molecule has 126 valence electrons. The molecular weight excluding hydrogens is 306 g/mol. The number of hydrogen-bond donors (Lipinski definition) is 0. The minimum absolute atomic E-state index is 0.00456. The number of aryl methyl sites for hydroxylation is 1. The minimum atomic E-state index is 0.00456. The second-order valence-corrected chi connectivity index (χ2v) is 6.98. The highest BCUT2D eigenvalue weighted by molar-refractivity contribution is 5.87. The molecule has 25 heavy (non-hydrogen) atoms. The normalized spacial score (nSPS) is 16.4. The quantitative estimate of drug-likeness (QED) is 0.668. The maximum atomic E-state index is 13.1. The summed E-state index contributed by atoms with van der Waals surface area (Å²) >= 11 is 0. The van der Waals surface area contributed by atoms with E-state index in [1.807, 2.05) is 11.9 Å². The minimum Gasteiger partial charge on any atom is -0.341 e. The summed E-state index contributed by atoms with van der Waals surface area (Å²) in [6.45, 7) is 0.652. The molecule has 3 aromatic carbocycles. The van der Waals surface area contributed by atoms with Crippen LogP contribution in [0.4, 0.5) is 0 Å². The van der Waals surface area contributed by atoms with Gasteiger partial charge in [0.2, 0.25) is 5.91 Å². The van der Waals surface area contributed by atoms with Gasteiger partial charge >= 0.3 is 0 Å². The maximum Gasteiger partial charge on any atom is 0.230 e. The van der Waals surface area contributed by atoms with E-state index in [0.29, 0.717) is 6.54 Å². The summed E-state index contributed by atoms with van der Waals surface area (Å²) < 4.78 is 0. The van der Waals surface area contributed by atoms with Gasteiger partial charge in [0.25, 0.3) is 0 Å². The van der Waals surface area contributed by atoms with E-state index in [1.54, 1.807) is 0 Å². The maximum absolute atomic E-state index is 13.1. The fourth-order valence-corrected chi connectivity index (χ4v) is 4.04. The molecule has 0 saturated carbocycles. The zero-order chi connectivity index (χ0) is 17.2. The zero-order valence-corrected chi connectivity index (χ0v) is 14.6. The highest BCUT2D eigenvalue weighted by Crippen LogP contribution is 2.33. The lowest BCUT2D eigenvalue weighted by Gasteiger charge is -2.29. The molecule has 1 atom stereocenters. The van der Waals surface area contributed by atoms with Gasteiger partial charge in [-0.3, -0.25) is 4.79 Å². The summed E-state index contributed by atoms with van der Waals surface area (Å²) in [6.07, 6.45) is 3.14. The van der Waals surface area contributed by atoms with Crippen LogP contribution in [0.2, 0.25) is 0 Å². The Balaban J connectivity index is 1.59. The average Bonchev–Trinajstić information content (AvgIpc) is 2.67. The van der Waals surface area contributed by atoms with Gasteiger partial charge in [-0.2, -0.15) is 0 Å². The molecule has 4 rings (SSSR count). The van der Waals surface area contributed by atoms with E-state index in [0.717, 1.165) is 19.3 Å². The van der Waals surface area contributed by atoms with Crippen LogP contribution in [0.25, 0.3) is 10.8 Å². The summed E-state index contributed by atoms with van der Waals surface area (Å²) in [6, 6.07) is 23.1. The van der Waals surface area contributed by atoms with Gasteiger partial charge < -0.3 is 4.90 Å². The molecule has 1 aliphatic rings. The molecule has 1 aliphatic carbocycles. The molecule has 0 bridgehead atoms. The van der Waals surface area contributed by atoms with E-state index in [1.165, 1.54) is 27.5 Å². The van der Waals surface area contributed by atoms with Crippen molar-refractivity contribution in [3.63, 3.8) is 0 Å². The van der Waals surface area contributed by atoms with E-state index in [-0.39, 0.29) is 11.8 Å². The van der Waals surface area contributed by atoms with Crippen LogP contribution in [0.5, 0.6) is 0 Å². The number of nitrogens with zero attached hydrogens (tertiary/aromatic N) is 1. The van der Waals surface area contributed by atoms with Crippen LogP contribution >= 0.6 is 0 Å². The van der Waals surface area contributed by atoms with Crippen LogP contribution in [0.3, 0.4) is 0 Å². The Morgan fingerprint density at radius 3 is 2.68 bits per heavy atom. The fraction of sp³-hybridized carbons (Fsp3) is 0.261. The molecule has 0 N–H and O–H groups in total. The van der Waals surface area contributed by atoms with Crippen LogP contribution < -0.4 is 0 Å². The molecule has 0 radical (unpaired) electrons. The predicted octanol–water partition coefficient (Wildman–Crippen LogP) is 4.92. The van der Waals surface area contributed by atoms with Crippen molar-refractivity contribution in [3.8, 4) is 0 Å². The molecule has 3 aromatic rings. The lowest BCUT2D eigenvalue weighted by atomic mass is 9.82. The van der Waals surface area contributed by atoms with E-state index in [2.05, 4.69) is 66.7 Å². The average molecular weight is 329 g/mol. The van der Waals surface area contributed by atoms with Crippen molar-refractivity contribution in [2.75, 3.05) is 7.05 Å². The van der Waals surface area contributed by atoms with Crippen molar-refractivity contribution in [2.24, 2.45) is 0 Å². The van der Waals surface area contributed by atoms with Gasteiger partial charge in [0.05, 0.1) is 5.92 Å². The van der Waals surface area contributed by atoms with E-state index in [4.69, 9.17) is 0 Å².